The quantitative estimate of drug-likeness (QED) is 0.263. The maximum atomic E-state index is 12.8. The normalized spacial score (nSPS) is 11.1. The lowest BCUT2D eigenvalue weighted by Gasteiger charge is -2.08. The van der Waals surface area contributed by atoms with Crippen molar-refractivity contribution in [3.8, 4) is 17.2 Å². The lowest BCUT2D eigenvalue weighted by atomic mass is 10.0. The van der Waals surface area contributed by atoms with Crippen LogP contribution in [0.5, 0.6) is 5.75 Å². The minimum Gasteiger partial charge on any atom is -0.494 e. The van der Waals surface area contributed by atoms with E-state index >= 15 is 0 Å². The first kappa shape index (κ1) is 21.2. The predicted octanol–water partition coefficient (Wildman–Crippen LogP) is 7.45. The summed E-state index contributed by atoms with van der Waals surface area (Å²) in [6, 6.07) is 24.7. The fraction of sp³-hybridized carbons (Fsp3) is 0.111. The second-order valence-corrected chi connectivity index (χ2v) is 8.53. The predicted molar refractivity (Wildman–Crippen MR) is 135 cm³/mol. The first-order chi connectivity index (χ1) is 16.1. The smallest absolute Gasteiger partial charge is 0.255 e. The fourth-order valence-corrected chi connectivity index (χ4v) is 4.23. The number of nitrogens with zero attached hydrogens (tertiary/aromatic N) is 1. The van der Waals surface area contributed by atoms with Gasteiger partial charge in [-0.05, 0) is 65.7 Å². The highest BCUT2D eigenvalue weighted by molar-refractivity contribution is 9.10. The molecule has 0 aliphatic heterocycles. The van der Waals surface area contributed by atoms with Crippen molar-refractivity contribution in [2.75, 3.05) is 11.9 Å². The molecule has 5 rings (SSSR count). The van der Waals surface area contributed by atoms with Gasteiger partial charge in [0.15, 0.2) is 5.58 Å². The number of amides is 1. The van der Waals surface area contributed by atoms with E-state index < -0.39 is 0 Å². The number of carbonyl (C=O) groups is 1. The van der Waals surface area contributed by atoms with Crippen LogP contribution in [-0.4, -0.2) is 17.5 Å². The Morgan fingerprint density at radius 3 is 2.70 bits per heavy atom. The summed E-state index contributed by atoms with van der Waals surface area (Å²) in [4.78, 5) is 17.5. The lowest BCUT2D eigenvalue weighted by molar-refractivity contribution is 0.102. The van der Waals surface area contributed by atoms with Crippen LogP contribution in [0.3, 0.4) is 0 Å². The van der Waals surface area contributed by atoms with Crippen molar-refractivity contribution >= 4 is 49.4 Å². The summed E-state index contributed by atoms with van der Waals surface area (Å²) in [6.45, 7) is 2.66. The Hall–Kier alpha value is -3.64. The average molecular weight is 501 g/mol. The second-order valence-electron chi connectivity index (χ2n) is 7.67. The molecule has 4 aromatic carbocycles. The molecule has 5 aromatic rings. The van der Waals surface area contributed by atoms with E-state index in [1.165, 1.54) is 0 Å². The number of aromatic nitrogens is 1. The number of nitrogens with one attached hydrogen (secondary N) is 1. The van der Waals surface area contributed by atoms with E-state index in [1.807, 2.05) is 67.6 Å². The minimum absolute atomic E-state index is 0.209. The van der Waals surface area contributed by atoms with Crippen LogP contribution in [0, 0.1) is 0 Å². The van der Waals surface area contributed by atoms with Gasteiger partial charge in [-0.1, -0.05) is 53.2 Å². The standard InChI is InChI=1S/C27H21BrN2O3/c1-2-14-32-19-7-3-6-17(15-19)26(31)29-18-12-13-25-24(16-18)30-27(33-25)22-10-4-9-21-20(22)8-5-11-23(21)28/h3-13,15-16H,2,14H2,1H3,(H,29,31). The van der Waals surface area contributed by atoms with E-state index in [0.29, 0.717) is 40.6 Å². The number of carbonyl (C=O) groups excluding carboxylic acids is 1. The summed E-state index contributed by atoms with van der Waals surface area (Å²) in [5.41, 5.74) is 3.43. The Balaban J connectivity index is 1.43. The highest BCUT2D eigenvalue weighted by atomic mass is 79.9. The Bertz CT molecular complexity index is 1480. The van der Waals surface area contributed by atoms with Gasteiger partial charge < -0.3 is 14.5 Å². The van der Waals surface area contributed by atoms with Crippen LogP contribution >= 0.6 is 15.9 Å². The summed E-state index contributed by atoms with van der Waals surface area (Å²) in [5, 5.41) is 5.08. The fourth-order valence-electron chi connectivity index (χ4n) is 3.73. The number of halogens is 1. The third kappa shape index (κ3) is 4.34. The number of benzene rings is 4. The number of anilines is 1. The van der Waals surface area contributed by atoms with Gasteiger partial charge in [0, 0.05) is 21.3 Å². The summed E-state index contributed by atoms with van der Waals surface area (Å²) in [7, 11) is 0. The molecule has 33 heavy (non-hydrogen) atoms. The second kappa shape index (κ2) is 9.08. The highest BCUT2D eigenvalue weighted by Crippen LogP contribution is 2.34. The summed E-state index contributed by atoms with van der Waals surface area (Å²) in [6.07, 6.45) is 0.909. The molecule has 0 saturated carbocycles. The highest BCUT2D eigenvalue weighted by Gasteiger charge is 2.14. The molecule has 1 N–H and O–H groups in total. The van der Waals surface area contributed by atoms with E-state index in [4.69, 9.17) is 14.1 Å². The molecule has 0 radical (unpaired) electrons. The van der Waals surface area contributed by atoms with E-state index in [0.717, 1.165) is 27.2 Å². The molecule has 1 heterocycles. The van der Waals surface area contributed by atoms with Gasteiger partial charge in [0.05, 0.1) is 6.61 Å². The molecule has 0 spiro atoms. The van der Waals surface area contributed by atoms with E-state index in [-0.39, 0.29) is 5.91 Å². The van der Waals surface area contributed by atoms with Crippen molar-refractivity contribution in [1.82, 2.24) is 4.98 Å². The maximum absolute atomic E-state index is 12.8. The SMILES string of the molecule is CCCOc1cccc(C(=O)Nc2ccc3oc(-c4cccc5c(Br)cccc45)nc3c2)c1. The van der Waals surface area contributed by atoms with Crippen molar-refractivity contribution in [3.63, 3.8) is 0 Å². The molecule has 1 amide bonds. The number of oxazole rings is 1. The van der Waals surface area contributed by atoms with Crippen molar-refractivity contribution in [3.05, 3.63) is 88.9 Å². The molecule has 0 bridgehead atoms. The van der Waals surface area contributed by atoms with Crippen molar-refractivity contribution in [1.29, 1.82) is 0 Å². The first-order valence-corrected chi connectivity index (χ1v) is 11.5. The topological polar surface area (TPSA) is 64.4 Å². The average Bonchev–Trinajstić information content (AvgIpc) is 3.26. The Labute approximate surface area is 199 Å². The molecule has 0 saturated heterocycles. The zero-order valence-electron chi connectivity index (χ0n) is 18.0. The molecular weight excluding hydrogens is 480 g/mol. The zero-order chi connectivity index (χ0) is 22.8. The van der Waals surface area contributed by atoms with Crippen LogP contribution in [0.2, 0.25) is 0 Å². The molecule has 164 valence electrons. The Kier molecular flexibility index (Phi) is 5.84. The van der Waals surface area contributed by atoms with Crippen LogP contribution in [0.1, 0.15) is 23.7 Å². The number of rotatable bonds is 6. The molecule has 0 unspecified atom stereocenters. The van der Waals surface area contributed by atoms with Crippen LogP contribution in [0.4, 0.5) is 5.69 Å². The Morgan fingerprint density at radius 2 is 1.82 bits per heavy atom. The van der Waals surface area contributed by atoms with Crippen molar-refractivity contribution < 1.29 is 13.9 Å². The zero-order valence-corrected chi connectivity index (χ0v) is 19.6. The third-order valence-corrected chi connectivity index (χ3v) is 6.01. The Morgan fingerprint density at radius 1 is 1.00 bits per heavy atom. The molecule has 0 atom stereocenters. The van der Waals surface area contributed by atoms with E-state index in [9.17, 15) is 4.79 Å². The first-order valence-electron chi connectivity index (χ1n) is 10.7. The molecule has 5 nitrogen and oxygen atoms in total. The summed E-state index contributed by atoms with van der Waals surface area (Å²) < 4.78 is 12.7. The number of fused-ring (bicyclic) bond motifs is 2. The van der Waals surface area contributed by atoms with Crippen LogP contribution in [0.15, 0.2) is 87.8 Å². The number of hydrogen-bond acceptors (Lipinski definition) is 4. The van der Waals surface area contributed by atoms with Gasteiger partial charge in [0.1, 0.15) is 11.3 Å². The van der Waals surface area contributed by atoms with Crippen LogP contribution in [0.25, 0.3) is 33.3 Å². The van der Waals surface area contributed by atoms with Gasteiger partial charge >= 0.3 is 0 Å². The largest absolute Gasteiger partial charge is 0.494 e. The molecule has 0 fully saturated rings. The van der Waals surface area contributed by atoms with Gasteiger partial charge in [0.2, 0.25) is 5.89 Å². The summed E-state index contributed by atoms with van der Waals surface area (Å²) in [5.74, 6) is 1.01. The summed E-state index contributed by atoms with van der Waals surface area (Å²) >= 11 is 3.61. The number of hydrogen-bond donors (Lipinski definition) is 1. The minimum atomic E-state index is -0.209. The molecule has 1 aromatic heterocycles. The molecular formula is C27H21BrN2O3. The lowest BCUT2D eigenvalue weighted by Crippen LogP contribution is -2.12. The van der Waals surface area contributed by atoms with Gasteiger partial charge in [-0.2, -0.15) is 0 Å². The van der Waals surface area contributed by atoms with Crippen LogP contribution < -0.4 is 10.1 Å². The van der Waals surface area contributed by atoms with Crippen molar-refractivity contribution in [2.24, 2.45) is 0 Å². The molecule has 6 heteroatoms. The van der Waals surface area contributed by atoms with Crippen LogP contribution in [-0.2, 0) is 0 Å². The van der Waals surface area contributed by atoms with Gasteiger partial charge in [0.25, 0.3) is 5.91 Å². The van der Waals surface area contributed by atoms with E-state index in [1.54, 1.807) is 12.1 Å². The van der Waals surface area contributed by atoms with Gasteiger partial charge in [-0.3, -0.25) is 4.79 Å². The van der Waals surface area contributed by atoms with Gasteiger partial charge in [-0.25, -0.2) is 4.98 Å². The molecule has 0 aliphatic carbocycles. The van der Waals surface area contributed by atoms with Gasteiger partial charge in [-0.15, -0.1) is 0 Å². The number of ether oxygens (including phenoxy) is 1. The maximum Gasteiger partial charge on any atom is 0.255 e. The monoisotopic (exact) mass is 500 g/mol. The third-order valence-electron chi connectivity index (χ3n) is 5.31. The van der Waals surface area contributed by atoms with E-state index in [2.05, 4.69) is 27.3 Å². The van der Waals surface area contributed by atoms with Crippen molar-refractivity contribution in [2.45, 2.75) is 13.3 Å². The molecule has 0 aliphatic rings.